The van der Waals surface area contributed by atoms with Crippen LogP contribution >= 0.6 is 11.6 Å². The molecule has 2 aromatic heterocycles. The molecule has 0 saturated carbocycles. The highest BCUT2D eigenvalue weighted by Crippen LogP contribution is 2.14. The van der Waals surface area contributed by atoms with E-state index in [4.69, 9.17) is 11.6 Å². The molecule has 2 aromatic rings. The summed E-state index contributed by atoms with van der Waals surface area (Å²) in [5, 5.41) is 3.09. The molecular weight excluding hydrogens is 240 g/mol. The lowest BCUT2D eigenvalue weighted by atomic mass is 10.1. The number of nitrogens with zero attached hydrogens (tertiary/aromatic N) is 2. The molecule has 0 aromatic carbocycles. The molecule has 6 heteroatoms. The highest BCUT2D eigenvalue weighted by molar-refractivity contribution is 6.32. The second-order valence-corrected chi connectivity index (χ2v) is 3.93. The fourth-order valence-electron chi connectivity index (χ4n) is 1.39. The maximum Gasteiger partial charge on any atom is 0.271 e. The molecule has 5 nitrogen and oxygen atoms in total. The Kier molecular flexibility index (Phi) is 3.39. The van der Waals surface area contributed by atoms with E-state index in [0.29, 0.717) is 12.4 Å². The molecule has 2 heterocycles. The van der Waals surface area contributed by atoms with Gasteiger partial charge in [0.15, 0.2) is 5.82 Å². The highest BCUT2D eigenvalue weighted by atomic mass is 35.5. The molecule has 0 spiro atoms. The van der Waals surface area contributed by atoms with Crippen molar-refractivity contribution in [3.05, 3.63) is 51.3 Å². The zero-order valence-electron chi connectivity index (χ0n) is 9.20. The zero-order valence-corrected chi connectivity index (χ0v) is 9.95. The predicted octanol–water partition coefficient (Wildman–Crippen LogP) is 1.74. The van der Waals surface area contributed by atoms with Gasteiger partial charge in [0.05, 0.1) is 6.33 Å². The van der Waals surface area contributed by atoms with Gasteiger partial charge in [-0.05, 0) is 24.1 Å². The van der Waals surface area contributed by atoms with Crippen molar-refractivity contribution in [2.24, 2.45) is 0 Å². The topological polar surface area (TPSA) is 70.7 Å². The van der Waals surface area contributed by atoms with Crippen molar-refractivity contribution in [2.75, 3.05) is 5.32 Å². The van der Waals surface area contributed by atoms with E-state index in [2.05, 4.69) is 20.3 Å². The Labute approximate surface area is 103 Å². The molecule has 0 aliphatic rings. The summed E-state index contributed by atoms with van der Waals surface area (Å²) in [7, 11) is 0. The van der Waals surface area contributed by atoms with Crippen molar-refractivity contribution < 1.29 is 0 Å². The molecule has 0 atom stereocenters. The van der Waals surface area contributed by atoms with Gasteiger partial charge >= 0.3 is 0 Å². The Hall–Kier alpha value is -1.88. The number of halogens is 1. The van der Waals surface area contributed by atoms with Crippen molar-refractivity contribution in [3.8, 4) is 0 Å². The van der Waals surface area contributed by atoms with Crippen LogP contribution in [0.25, 0.3) is 0 Å². The number of nitrogens with one attached hydrogen (secondary N) is 2. The third kappa shape index (κ3) is 2.62. The van der Waals surface area contributed by atoms with Gasteiger partial charge in [-0.1, -0.05) is 11.6 Å². The van der Waals surface area contributed by atoms with Crippen LogP contribution in [0.3, 0.4) is 0 Å². The molecule has 0 unspecified atom stereocenters. The van der Waals surface area contributed by atoms with Crippen LogP contribution in [0.4, 0.5) is 5.82 Å². The SMILES string of the molecule is Cc1cnccc1CNc1nc[nH]c(=O)c1Cl. The van der Waals surface area contributed by atoms with Gasteiger partial charge in [-0.3, -0.25) is 9.78 Å². The van der Waals surface area contributed by atoms with E-state index in [1.54, 1.807) is 12.4 Å². The van der Waals surface area contributed by atoms with E-state index in [-0.39, 0.29) is 10.6 Å². The average Bonchev–Trinajstić information content (AvgIpc) is 2.33. The van der Waals surface area contributed by atoms with Crippen LogP contribution < -0.4 is 10.9 Å². The first-order valence-corrected chi connectivity index (χ1v) is 5.43. The second-order valence-electron chi connectivity index (χ2n) is 3.55. The largest absolute Gasteiger partial charge is 0.365 e. The first-order chi connectivity index (χ1) is 8.18. The van der Waals surface area contributed by atoms with Gasteiger partial charge in [-0.25, -0.2) is 4.98 Å². The van der Waals surface area contributed by atoms with Gasteiger partial charge < -0.3 is 10.3 Å². The summed E-state index contributed by atoms with van der Waals surface area (Å²) >= 11 is 5.82. The number of aryl methyl sites for hydroxylation is 1. The van der Waals surface area contributed by atoms with Gasteiger partial charge in [-0.2, -0.15) is 0 Å². The molecule has 0 fully saturated rings. The van der Waals surface area contributed by atoms with Crippen molar-refractivity contribution in [2.45, 2.75) is 13.5 Å². The summed E-state index contributed by atoms with van der Waals surface area (Å²) in [6.07, 6.45) is 4.82. The van der Waals surface area contributed by atoms with E-state index >= 15 is 0 Å². The third-order valence-corrected chi connectivity index (χ3v) is 2.73. The maximum atomic E-state index is 11.2. The van der Waals surface area contributed by atoms with Crippen LogP contribution in [0.1, 0.15) is 11.1 Å². The molecule has 2 N–H and O–H groups in total. The lowest BCUT2D eigenvalue weighted by molar-refractivity contribution is 1.04. The summed E-state index contributed by atoms with van der Waals surface area (Å²) in [4.78, 5) is 21.6. The molecule has 0 aliphatic heterocycles. The lowest BCUT2D eigenvalue weighted by Crippen LogP contribution is -2.12. The normalized spacial score (nSPS) is 10.2. The molecule has 0 saturated heterocycles. The number of aromatic nitrogens is 3. The molecule has 0 radical (unpaired) electrons. The van der Waals surface area contributed by atoms with Crippen LogP contribution in [-0.2, 0) is 6.54 Å². The number of aromatic amines is 1. The summed E-state index contributed by atoms with van der Waals surface area (Å²) in [6.45, 7) is 2.52. The number of hydrogen-bond acceptors (Lipinski definition) is 4. The van der Waals surface area contributed by atoms with Gasteiger partial charge in [0.1, 0.15) is 5.02 Å². The molecule has 88 valence electrons. The van der Waals surface area contributed by atoms with E-state index in [0.717, 1.165) is 11.1 Å². The number of H-pyrrole nitrogens is 1. The lowest BCUT2D eigenvalue weighted by Gasteiger charge is -2.08. The van der Waals surface area contributed by atoms with Crippen LogP contribution in [0, 0.1) is 6.92 Å². The first kappa shape index (κ1) is 11.6. The fourth-order valence-corrected chi connectivity index (χ4v) is 1.56. The molecule has 0 aliphatic carbocycles. The van der Waals surface area contributed by atoms with Crippen molar-refractivity contribution >= 4 is 17.4 Å². The third-order valence-electron chi connectivity index (χ3n) is 2.38. The summed E-state index contributed by atoms with van der Waals surface area (Å²) < 4.78 is 0. The number of rotatable bonds is 3. The summed E-state index contributed by atoms with van der Waals surface area (Å²) in [5.74, 6) is 0.381. The van der Waals surface area contributed by atoms with Gasteiger partial charge in [0.2, 0.25) is 0 Å². The molecule has 0 bridgehead atoms. The number of pyridine rings is 1. The highest BCUT2D eigenvalue weighted by Gasteiger charge is 2.05. The van der Waals surface area contributed by atoms with Crippen LogP contribution in [0.2, 0.25) is 5.02 Å². The number of anilines is 1. The minimum absolute atomic E-state index is 0.0687. The second kappa shape index (κ2) is 4.97. The van der Waals surface area contributed by atoms with Crippen LogP contribution in [0.15, 0.2) is 29.6 Å². The van der Waals surface area contributed by atoms with Crippen molar-refractivity contribution in [1.29, 1.82) is 0 Å². The number of hydrogen-bond donors (Lipinski definition) is 2. The Bertz CT molecular complexity index is 582. The first-order valence-electron chi connectivity index (χ1n) is 5.05. The van der Waals surface area contributed by atoms with E-state index in [9.17, 15) is 4.79 Å². The van der Waals surface area contributed by atoms with E-state index < -0.39 is 0 Å². The van der Waals surface area contributed by atoms with Crippen molar-refractivity contribution in [1.82, 2.24) is 15.0 Å². The Morgan fingerprint density at radius 3 is 3.12 bits per heavy atom. The molecule has 2 rings (SSSR count). The molecule has 17 heavy (non-hydrogen) atoms. The van der Waals surface area contributed by atoms with Crippen molar-refractivity contribution in [3.63, 3.8) is 0 Å². The smallest absolute Gasteiger partial charge is 0.271 e. The van der Waals surface area contributed by atoms with E-state index in [1.807, 2.05) is 13.0 Å². The Morgan fingerprint density at radius 1 is 1.53 bits per heavy atom. The summed E-state index contributed by atoms with van der Waals surface area (Å²) in [5.41, 5.74) is 1.80. The average molecular weight is 251 g/mol. The fraction of sp³-hybridized carbons (Fsp3) is 0.182. The molecule has 0 amide bonds. The van der Waals surface area contributed by atoms with E-state index in [1.165, 1.54) is 6.33 Å². The minimum Gasteiger partial charge on any atom is -0.365 e. The Balaban J connectivity index is 2.16. The molecular formula is C11H11ClN4O. The standard InChI is InChI=1S/C11H11ClN4O/c1-7-4-13-3-2-8(7)5-14-10-9(12)11(17)16-6-15-10/h2-4,6H,5H2,1H3,(H2,14,15,16,17). The predicted molar refractivity (Wildman–Crippen MR) is 66.2 cm³/mol. The maximum absolute atomic E-state index is 11.2. The quantitative estimate of drug-likeness (QED) is 0.871. The van der Waals surface area contributed by atoms with Gasteiger partial charge in [0.25, 0.3) is 5.56 Å². The summed E-state index contributed by atoms with van der Waals surface area (Å²) in [6, 6.07) is 1.91. The van der Waals surface area contributed by atoms with Crippen LogP contribution in [-0.4, -0.2) is 15.0 Å². The van der Waals surface area contributed by atoms with Gasteiger partial charge in [0, 0.05) is 18.9 Å². The minimum atomic E-state index is -0.351. The van der Waals surface area contributed by atoms with Gasteiger partial charge in [-0.15, -0.1) is 0 Å². The Morgan fingerprint density at radius 2 is 2.35 bits per heavy atom. The van der Waals surface area contributed by atoms with Crippen LogP contribution in [0.5, 0.6) is 0 Å². The monoisotopic (exact) mass is 250 g/mol. The zero-order chi connectivity index (χ0) is 12.3.